The van der Waals surface area contributed by atoms with E-state index >= 15 is 0 Å². The molecule has 1 aliphatic rings. The van der Waals surface area contributed by atoms with Crippen LogP contribution in [0.1, 0.15) is 12.5 Å². The third-order valence-corrected chi connectivity index (χ3v) is 3.91. The summed E-state index contributed by atoms with van der Waals surface area (Å²) in [6.45, 7) is 6.59. The Bertz CT molecular complexity index is 732. The van der Waals surface area contributed by atoms with Crippen LogP contribution in [0.3, 0.4) is 0 Å². The van der Waals surface area contributed by atoms with Crippen LogP contribution in [0, 0.1) is 6.92 Å². The molecule has 1 atom stereocenters. The van der Waals surface area contributed by atoms with Gasteiger partial charge in [0.2, 0.25) is 0 Å². The Morgan fingerprint density at radius 3 is 2.84 bits per heavy atom. The number of nitrogens with one attached hydrogen (secondary N) is 1. The number of aryl methyl sites for hydroxylation is 1. The lowest BCUT2D eigenvalue weighted by molar-refractivity contribution is -0.122. The number of rotatable bonds is 5. The highest BCUT2D eigenvalue weighted by Gasteiger charge is 2.17. The molecule has 2 heterocycles. The molecule has 0 radical (unpaired) electrons. The zero-order valence-corrected chi connectivity index (χ0v) is 14.4. The van der Waals surface area contributed by atoms with Gasteiger partial charge in [-0.1, -0.05) is 12.1 Å². The number of carbonyl (C=O) groups excluding carboxylic acids is 1. The van der Waals surface area contributed by atoms with E-state index < -0.39 is 6.10 Å². The van der Waals surface area contributed by atoms with E-state index in [1.165, 1.54) is 6.33 Å². The number of morpholine rings is 1. The minimum atomic E-state index is -0.636. The van der Waals surface area contributed by atoms with Crippen LogP contribution in [0.4, 0.5) is 11.6 Å². The largest absolute Gasteiger partial charge is 0.481 e. The maximum absolute atomic E-state index is 12.4. The first-order valence-corrected chi connectivity index (χ1v) is 8.31. The van der Waals surface area contributed by atoms with Crippen LogP contribution in [0.15, 0.2) is 36.7 Å². The van der Waals surface area contributed by atoms with Gasteiger partial charge >= 0.3 is 0 Å². The van der Waals surface area contributed by atoms with Crippen molar-refractivity contribution in [3.8, 4) is 5.75 Å². The first kappa shape index (κ1) is 17.2. The summed E-state index contributed by atoms with van der Waals surface area (Å²) in [5.41, 5.74) is 1.08. The van der Waals surface area contributed by atoms with Crippen molar-refractivity contribution in [3.05, 3.63) is 42.2 Å². The molecule has 0 bridgehead atoms. The lowest BCUT2D eigenvalue weighted by Gasteiger charge is -2.27. The van der Waals surface area contributed by atoms with E-state index in [2.05, 4.69) is 20.2 Å². The normalized spacial score (nSPS) is 15.5. The standard InChI is InChI=1S/C18H22N4O3/c1-13-4-3-5-15(10-13)25-14(2)18(23)21-16-11-17(20-12-19-16)22-6-8-24-9-7-22/h3-5,10-12,14H,6-9H2,1-2H3,(H,19,20,21,23). The summed E-state index contributed by atoms with van der Waals surface area (Å²) in [5, 5.41) is 2.78. The molecule has 0 spiro atoms. The second-order valence-corrected chi connectivity index (χ2v) is 5.93. The molecule has 1 aliphatic heterocycles. The highest BCUT2D eigenvalue weighted by Crippen LogP contribution is 2.17. The first-order valence-electron chi connectivity index (χ1n) is 8.31. The van der Waals surface area contributed by atoms with Gasteiger partial charge in [-0.25, -0.2) is 9.97 Å². The van der Waals surface area contributed by atoms with Crippen molar-refractivity contribution in [2.24, 2.45) is 0 Å². The molecule has 1 fully saturated rings. The third kappa shape index (κ3) is 4.67. The van der Waals surface area contributed by atoms with E-state index in [0.717, 1.165) is 24.5 Å². The Morgan fingerprint density at radius 1 is 1.28 bits per heavy atom. The van der Waals surface area contributed by atoms with E-state index in [-0.39, 0.29) is 5.91 Å². The van der Waals surface area contributed by atoms with Crippen molar-refractivity contribution in [2.45, 2.75) is 20.0 Å². The Labute approximate surface area is 147 Å². The van der Waals surface area contributed by atoms with Gasteiger partial charge < -0.3 is 19.7 Å². The minimum Gasteiger partial charge on any atom is -0.481 e. The van der Waals surface area contributed by atoms with Crippen LogP contribution in [0.2, 0.25) is 0 Å². The molecule has 132 valence electrons. The third-order valence-electron chi connectivity index (χ3n) is 3.91. The Balaban J connectivity index is 1.62. The van der Waals surface area contributed by atoms with Crippen molar-refractivity contribution >= 4 is 17.5 Å². The maximum atomic E-state index is 12.4. The van der Waals surface area contributed by atoms with E-state index in [9.17, 15) is 4.79 Å². The fourth-order valence-electron chi connectivity index (χ4n) is 2.55. The minimum absolute atomic E-state index is 0.256. The molecular formula is C18H22N4O3. The van der Waals surface area contributed by atoms with E-state index in [4.69, 9.17) is 9.47 Å². The molecule has 0 saturated carbocycles. The Hall–Kier alpha value is -2.67. The summed E-state index contributed by atoms with van der Waals surface area (Å²) in [7, 11) is 0. The quantitative estimate of drug-likeness (QED) is 0.896. The van der Waals surface area contributed by atoms with Gasteiger partial charge in [0, 0.05) is 19.2 Å². The second kappa shape index (κ2) is 7.94. The summed E-state index contributed by atoms with van der Waals surface area (Å²) in [5.74, 6) is 1.65. The zero-order valence-electron chi connectivity index (χ0n) is 14.4. The number of amides is 1. The highest BCUT2D eigenvalue weighted by atomic mass is 16.5. The summed E-state index contributed by atoms with van der Waals surface area (Å²) < 4.78 is 11.0. The van der Waals surface area contributed by atoms with Gasteiger partial charge in [0.15, 0.2) is 6.10 Å². The van der Waals surface area contributed by atoms with Gasteiger partial charge in [-0.3, -0.25) is 4.79 Å². The Kier molecular flexibility index (Phi) is 5.45. The van der Waals surface area contributed by atoms with Gasteiger partial charge in [-0.05, 0) is 31.5 Å². The van der Waals surface area contributed by atoms with Crippen molar-refractivity contribution in [1.82, 2.24) is 9.97 Å². The van der Waals surface area contributed by atoms with Crippen molar-refractivity contribution in [3.63, 3.8) is 0 Å². The average Bonchev–Trinajstić information content (AvgIpc) is 2.62. The number of carbonyl (C=O) groups is 1. The number of ether oxygens (including phenoxy) is 2. The first-order chi connectivity index (χ1) is 12.1. The molecule has 1 N–H and O–H groups in total. The number of anilines is 2. The predicted molar refractivity (Wildman–Crippen MR) is 95.0 cm³/mol. The smallest absolute Gasteiger partial charge is 0.266 e. The molecule has 1 aromatic carbocycles. The zero-order chi connectivity index (χ0) is 17.6. The van der Waals surface area contributed by atoms with Gasteiger partial charge in [-0.2, -0.15) is 0 Å². The molecule has 1 saturated heterocycles. The van der Waals surface area contributed by atoms with Crippen molar-refractivity contribution in [1.29, 1.82) is 0 Å². The van der Waals surface area contributed by atoms with Crippen LogP contribution < -0.4 is 15.0 Å². The lowest BCUT2D eigenvalue weighted by atomic mass is 10.2. The molecule has 1 aromatic heterocycles. The molecule has 0 aliphatic carbocycles. The maximum Gasteiger partial charge on any atom is 0.266 e. The summed E-state index contributed by atoms with van der Waals surface area (Å²) in [6.07, 6.45) is 0.815. The van der Waals surface area contributed by atoms with E-state index in [1.54, 1.807) is 13.0 Å². The number of benzene rings is 1. The molecule has 7 heteroatoms. The molecule has 25 heavy (non-hydrogen) atoms. The van der Waals surface area contributed by atoms with Crippen molar-refractivity contribution < 1.29 is 14.3 Å². The number of nitrogens with zero attached hydrogens (tertiary/aromatic N) is 3. The van der Waals surface area contributed by atoms with E-state index in [1.807, 2.05) is 31.2 Å². The summed E-state index contributed by atoms with van der Waals surface area (Å²) in [4.78, 5) is 22.9. The lowest BCUT2D eigenvalue weighted by Crippen LogP contribution is -2.37. The SMILES string of the molecule is Cc1cccc(OC(C)C(=O)Nc2cc(N3CCOCC3)ncn2)c1. The van der Waals surface area contributed by atoms with Gasteiger partial charge in [0.25, 0.3) is 5.91 Å². The van der Waals surface area contributed by atoms with E-state index in [0.29, 0.717) is 24.8 Å². The summed E-state index contributed by atoms with van der Waals surface area (Å²) >= 11 is 0. The summed E-state index contributed by atoms with van der Waals surface area (Å²) in [6, 6.07) is 9.37. The van der Waals surface area contributed by atoms with Crippen LogP contribution in [0.25, 0.3) is 0 Å². The molecule has 2 aromatic rings. The predicted octanol–water partition coefficient (Wildman–Crippen LogP) is 2.03. The number of hydrogen-bond donors (Lipinski definition) is 1. The van der Waals surface area contributed by atoms with Gasteiger partial charge in [-0.15, -0.1) is 0 Å². The molecular weight excluding hydrogens is 320 g/mol. The fourth-order valence-corrected chi connectivity index (χ4v) is 2.55. The Morgan fingerprint density at radius 2 is 2.08 bits per heavy atom. The monoisotopic (exact) mass is 342 g/mol. The molecule has 1 unspecified atom stereocenters. The fraction of sp³-hybridized carbons (Fsp3) is 0.389. The van der Waals surface area contributed by atoms with Gasteiger partial charge in [0.1, 0.15) is 23.7 Å². The van der Waals surface area contributed by atoms with Crippen molar-refractivity contribution in [2.75, 3.05) is 36.5 Å². The average molecular weight is 342 g/mol. The van der Waals surface area contributed by atoms with Gasteiger partial charge in [0.05, 0.1) is 13.2 Å². The van der Waals surface area contributed by atoms with Crippen LogP contribution in [-0.2, 0) is 9.53 Å². The number of hydrogen-bond acceptors (Lipinski definition) is 6. The van der Waals surface area contributed by atoms with Crippen LogP contribution in [-0.4, -0.2) is 48.3 Å². The number of aromatic nitrogens is 2. The molecule has 7 nitrogen and oxygen atoms in total. The molecule has 3 rings (SSSR count). The topological polar surface area (TPSA) is 76.6 Å². The second-order valence-electron chi connectivity index (χ2n) is 5.93. The van der Waals surface area contributed by atoms with Crippen LogP contribution in [0.5, 0.6) is 5.75 Å². The highest BCUT2D eigenvalue weighted by molar-refractivity contribution is 5.93. The van der Waals surface area contributed by atoms with Crippen LogP contribution >= 0.6 is 0 Å². The molecule has 1 amide bonds.